The Morgan fingerprint density at radius 1 is 1.06 bits per heavy atom. The molecule has 0 unspecified atom stereocenters. The quantitative estimate of drug-likeness (QED) is 0.426. The summed E-state index contributed by atoms with van der Waals surface area (Å²) >= 11 is 3.18. The number of carbonyl (C=O) groups is 1. The number of aryl methyl sites for hydroxylation is 1. The molecule has 0 aliphatic carbocycles. The summed E-state index contributed by atoms with van der Waals surface area (Å²) in [6.07, 6.45) is 0.343. The Hall–Kier alpha value is -2.88. The highest BCUT2D eigenvalue weighted by atomic mass is 32.1. The van der Waals surface area contributed by atoms with Gasteiger partial charge in [0.15, 0.2) is 0 Å². The molecule has 1 fully saturated rings. The fourth-order valence-electron chi connectivity index (χ4n) is 3.66. The van der Waals surface area contributed by atoms with Gasteiger partial charge < -0.3 is 9.42 Å². The maximum absolute atomic E-state index is 12.8. The summed E-state index contributed by atoms with van der Waals surface area (Å²) in [5, 5.41) is 9.01. The predicted molar refractivity (Wildman–Crippen MR) is 125 cm³/mol. The molecule has 5 rings (SSSR count). The first kappa shape index (κ1) is 21.0. The van der Waals surface area contributed by atoms with Gasteiger partial charge in [-0.25, -0.2) is 4.98 Å². The smallest absolute Gasteiger partial charge is 0.241 e. The molecular weight excluding hydrogens is 442 g/mol. The van der Waals surface area contributed by atoms with E-state index in [1.165, 1.54) is 5.56 Å². The highest BCUT2D eigenvalue weighted by molar-refractivity contribution is 7.13. The van der Waals surface area contributed by atoms with Gasteiger partial charge in [-0.3, -0.25) is 9.69 Å². The molecule has 4 aromatic rings. The van der Waals surface area contributed by atoms with Crippen molar-refractivity contribution in [3.63, 3.8) is 0 Å². The van der Waals surface area contributed by atoms with E-state index in [1.54, 1.807) is 22.7 Å². The number of benzene rings is 1. The first-order chi connectivity index (χ1) is 15.6. The van der Waals surface area contributed by atoms with E-state index in [0.717, 1.165) is 34.2 Å². The SMILES string of the molecule is Cc1ccc(-c2nc(CC(=O)N3CCN(Cc4nc(-c5cccs5)no4)CC3)cs2)cc1. The monoisotopic (exact) mass is 465 g/mol. The lowest BCUT2D eigenvalue weighted by atomic mass is 10.2. The second-order valence-electron chi connectivity index (χ2n) is 7.83. The lowest BCUT2D eigenvalue weighted by Crippen LogP contribution is -2.48. The van der Waals surface area contributed by atoms with Gasteiger partial charge in [-0.05, 0) is 18.4 Å². The standard InChI is InChI=1S/C23H23N5O2S2/c1-16-4-6-17(7-5-16)23-24-18(15-32-23)13-21(29)28-10-8-27(9-11-28)14-20-25-22(26-30-20)19-3-2-12-31-19/h2-7,12,15H,8-11,13-14H2,1H3. The second kappa shape index (κ2) is 9.32. The van der Waals surface area contributed by atoms with E-state index in [4.69, 9.17) is 4.52 Å². The molecule has 7 nitrogen and oxygen atoms in total. The van der Waals surface area contributed by atoms with Crippen LogP contribution in [0.3, 0.4) is 0 Å². The van der Waals surface area contributed by atoms with Crippen LogP contribution in [0.4, 0.5) is 0 Å². The van der Waals surface area contributed by atoms with E-state index in [-0.39, 0.29) is 5.91 Å². The first-order valence-corrected chi connectivity index (χ1v) is 12.3. The van der Waals surface area contributed by atoms with Gasteiger partial charge in [0.25, 0.3) is 0 Å². The van der Waals surface area contributed by atoms with E-state index in [9.17, 15) is 4.79 Å². The third kappa shape index (κ3) is 4.79. The molecule has 1 aromatic carbocycles. The molecule has 32 heavy (non-hydrogen) atoms. The Bertz CT molecular complexity index is 1180. The van der Waals surface area contributed by atoms with Crippen LogP contribution in [0.2, 0.25) is 0 Å². The number of rotatable bonds is 6. The van der Waals surface area contributed by atoms with Crippen LogP contribution >= 0.6 is 22.7 Å². The number of aromatic nitrogens is 3. The molecule has 164 valence electrons. The minimum atomic E-state index is 0.128. The van der Waals surface area contributed by atoms with Crippen molar-refractivity contribution in [3.8, 4) is 21.3 Å². The van der Waals surface area contributed by atoms with Gasteiger partial charge in [0.05, 0.1) is 23.5 Å². The van der Waals surface area contributed by atoms with E-state index in [0.29, 0.717) is 37.8 Å². The third-order valence-electron chi connectivity index (χ3n) is 5.48. The topological polar surface area (TPSA) is 75.4 Å². The molecule has 0 bridgehead atoms. The van der Waals surface area contributed by atoms with Crippen molar-refractivity contribution in [2.75, 3.05) is 26.2 Å². The van der Waals surface area contributed by atoms with Crippen LogP contribution < -0.4 is 0 Å². The summed E-state index contributed by atoms with van der Waals surface area (Å²) in [4.78, 5) is 27.1. The maximum atomic E-state index is 12.8. The average molecular weight is 466 g/mol. The Morgan fingerprint density at radius 3 is 2.62 bits per heavy atom. The summed E-state index contributed by atoms with van der Waals surface area (Å²) in [6, 6.07) is 12.3. The highest BCUT2D eigenvalue weighted by Gasteiger charge is 2.23. The molecule has 3 aromatic heterocycles. The normalized spacial score (nSPS) is 14.7. The summed E-state index contributed by atoms with van der Waals surface area (Å²) in [5.74, 6) is 1.37. The van der Waals surface area contributed by atoms with Gasteiger partial charge in [-0.1, -0.05) is 41.1 Å². The van der Waals surface area contributed by atoms with Gasteiger partial charge in [0, 0.05) is 37.1 Å². The largest absolute Gasteiger partial charge is 0.340 e. The van der Waals surface area contributed by atoms with Gasteiger partial charge >= 0.3 is 0 Å². The van der Waals surface area contributed by atoms with Gasteiger partial charge in [0.1, 0.15) is 5.01 Å². The zero-order chi connectivity index (χ0) is 21.9. The predicted octanol–water partition coefficient (Wildman–Crippen LogP) is 4.12. The average Bonchev–Trinajstić information content (AvgIpc) is 3.57. The van der Waals surface area contributed by atoms with Gasteiger partial charge in [-0.2, -0.15) is 4.98 Å². The summed E-state index contributed by atoms with van der Waals surface area (Å²) in [6.45, 7) is 5.63. The molecule has 9 heteroatoms. The summed E-state index contributed by atoms with van der Waals surface area (Å²) in [7, 11) is 0. The number of amides is 1. The number of carbonyl (C=O) groups excluding carboxylic acids is 1. The zero-order valence-corrected chi connectivity index (χ0v) is 19.4. The fraction of sp³-hybridized carbons (Fsp3) is 0.304. The summed E-state index contributed by atoms with van der Waals surface area (Å²) in [5.41, 5.74) is 3.16. The van der Waals surface area contributed by atoms with Crippen LogP contribution in [-0.4, -0.2) is 57.0 Å². The Balaban J connectivity index is 1.12. The molecule has 1 saturated heterocycles. The van der Waals surface area contributed by atoms with E-state index in [2.05, 4.69) is 51.2 Å². The molecular formula is C23H23N5O2S2. The number of hydrogen-bond donors (Lipinski definition) is 0. The number of thiophene rings is 1. The second-order valence-corrected chi connectivity index (χ2v) is 9.64. The first-order valence-electron chi connectivity index (χ1n) is 10.5. The van der Waals surface area contributed by atoms with Crippen molar-refractivity contribution in [2.45, 2.75) is 19.9 Å². The van der Waals surface area contributed by atoms with Crippen LogP contribution in [-0.2, 0) is 17.8 Å². The molecule has 0 N–H and O–H groups in total. The molecule has 4 heterocycles. The molecule has 0 radical (unpaired) electrons. The van der Waals surface area contributed by atoms with E-state index < -0.39 is 0 Å². The van der Waals surface area contributed by atoms with Crippen LogP contribution in [0.5, 0.6) is 0 Å². The maximum Gasteiger partial charge on any atom is 0.241 e. The molecule has 0 saturated carbocycles. The van der Waals surface area contributed by atoms with E-state index >= 15 is 0 Å². The molecule has 0 spiro atoms. The van der Waals surface area contributed by atoms with Crippen molar-refractivity contribution in [2.24, 2.45) is 0 Å². The van der Waals surface area contributed by atoms with Crippen LogP contribution in [0, 0.1) is 6.92 Å². The van der Waals surface area contributed by atoms with E-state index in [1.807, 2.05) is 27.8 Å². The number of thiazole rings is 1. The van der Waals surface area contributed by atoms with Crippen molar-refractivity contribution >= 4 is 28.6 Å². The fourth-order valence-corrected chi connectivity index (χ4v) is 5.13. The minimum absolute atomic E-state index is 0.128. The molecule has 1 aliphatic rings. The zero-order valence-electron chi connectivity index (χ0n) is 17.7. The molecule has 1 aliphatic heterocycles. The van der Waals surface area contributed by atoms with Crippen molar-refractivity contribution < 1.29 is 9.32 Å². The van der Waals surface area contributed by atoms with Crippen LogP contribution in [0.25, 0.3) is 21.3 Å². The number of hydrogen-bond acceptors (Lipinski definition) is 8. The lowest BCUT2D eigenvalue weighted by molar-refractivity contribution is -0.132. The minimum Gasteiger partial charge on any atom is -0.340 e. The summed E-state index contributed by atoms with van der Waals surface area (Å²) < 4.78 is 5.41. The van der Waals surface area contributed by atoms with Crippen molar-refractivity contribution in [3.05, 3.63) is 64.3 Å². The van der Waals surface area contributed by atoms with Crippen LogP contribution in [0.1, 0.15) is 17.1 Å². The number of piperazine rings is 1. The Morgan fingerprint density at radius 2 is 1.88 bits per heavy atom. The number of nitrogens with zero attached hydrogens (tertiary/aromatic N) is 5. The Labute approximate surface area is 194 Å². The van der Waals surface area contributed by atoms with Gasteiger partial charge in [-0.15, -0.1) is 22.7 Å². The third-order valence-corrected chi connectivity index (χ3v) is 7.28. The van der Waals surface area contributed by atoms with Crippen molar-refractivity contribution in [1.82, 2.24) is 24.9 Å². The highest BCUT2D eigenvalue weighted by Crippen LogP contribution is 2.25. The molecule has 0 atom stereocenters. The van der Waals surface area contributed by atoms with Crippen molar-refractivity contribution in [1.29, 1.82) is 0 Å². The molecule has 1 amide bonds. The Kier molecular flexibility index (Phi) is 6.11. The lowest BCUT2D eigenvalue weighted by Gasteiger charge is -2.33. The van der Waals surface area contributed by atoms with Crippen LogP contribution in [0.15, 0.2) is 51.7 Å². The van der Waals surface area contributed by atoms with Gasteiger partial charge in [0.2, 0.25) is 17.6 Å².